The van der Waals surface area contributed by atoms with Gasteiger partial charge in [0.05, 0.1) is 30.0 Å². The number of fused-ring (bicyclic) bond motifs is 1. The molecule has 0 radical (unpaired) electrons. The zero-order valence-corrected chi connectivity index (χ0v) is 20.4. The van der Waals surface area contributed by atoms with E-state index in [0.717, 1.165) is 55.2 Å². The van der Waals surface area contributed by atoms with E-state index in [9.17, 15) is 4.79 Å². The SMILES string of the molecule is CCOc1ccc(OCC(=O)N(CCCN2CCOCC2)c2nc3ccccc3s2)cc1.Cl. The number of halogens is 1. The van der Waals surface area contributed by atoms with Crippen molar-refractivity contribution in [1.29, 1.82) is 0 Å². The Labute approximate surface area is 204 Å². The second-order valence-corrected chi connectivity index (χ2v) is 8.52. The second-order valence-electron chi connectivity index (χ2n) is 7.51. The average molecular weight is 492 g/mol. The van der Waals surface area contributed by atoms with Gasteiger partial charge in [-0.1, -0.05) is 23.5 Å². The summed E-state index contributed by atoms with van der Waals surface area (Å²) in [5.74, 6) is 1.32. The van der Waals surface area contributed by atoms with Gasteiger partial charge in [0, 0.05) is 26.2 Å². The topological polar surface area (TPSA) is 64.1 Å². The minimum absolute atomic E-state index is 0. The van der Waals surface area contributed by atoms with Gasteiger partial charge in [-0.05, 0) is 49.7 Å². The highest BCUT2D eigenvalue weighted by molar-refractivity contribution is 7.22. The summed E-state index contributed by atoms with van der Waals surface area (Å²) < 4.78 is 17.7. The van der Waals surface area contributed by atoms with Crippen LogP contribution >= 0.6 is 23.7 Å². The number of thiazole rings is 1. The van der Waals surface area contributed by atoms with E-state index < -0.39 is 0 Å². The van der Waals surface area contributed by atoms with Crippen LogP contribution in [0.5, 0.6) is 11.5 Å². The number of ether oxygens (including phenoxy) is 3. The Morgan fingerprint density at radius 2 is 1.79 bits per heavy atom. The molecular formula is C24H30ClN3O4S. The van der Waals surface area contributed by atoms with Crippen molar-refractivity contribution < 1.29 is 19.0 Å². The third-order valence-corrected chi connectivity index (χ3v) is 6.33. The standard InChI is InChI=1S/C24H29N3O4S.ClH/c1-2-30-19-8-10-20(11-9-19)31-18-23(28)27(13-5-12-26-14-16-29-17-15-26)24-25-21-6-3-4-7-22(21)32-24;/h3-4,6-11H,2,5,12-18H2,1H3;1H. The molecule has 0 bridgehead atoms. The Morgan fingerprint density at radius 3 is 2.48 bits per heavy atom. The largest absolute Gasteiger partial charge is 0.494 e. The molecule has 1 fully saturated rings. The first-order valence-corrected chi connectivity index (χ1v) is 11.9. The van der Waals surface area contributed by atoms with Gasteiger partial charge in [-0.25, -0.2) is 4.98 Å². The van der Waals surface area contributed by atoms with E-state index in [-0.39, 0.29) is 24.9 Å². The van der Waals surface area contributed by atoms with Crippen LogP contribution in [0.2, 0.25) is 0 Å². The molecule has 0 aliphatic carbocycles. The number of rotatable bonds is 10. The number of nitrogens with zero attached hydrogens (tertiary/aromatic N) is 3. The number of para-hydroxylation sites is 1. The zero-order valence-electron chi connectivity index (χ0n) is 18.8. The van der Waals surface area contributed by atoms with Gasteiger partial charge in [-0.2, -0.15) is 0 Å². The number of aromatic nitrogens is 1. The van der Waals surface area contributed by atoms with Crippen LogP contribution in [0.3, 0.4) is 0 Å². The Kier molecular flexibility index (Phi) is 9.75. The number of morpholine rings is 1. The van der Waals surface area contributed by atoms with Crippen molar-refractivity contribution in [3.63, 3.8) is 0 Å². The number of anilines is 1. The Hall–Kier alpha value is -2.39. The van der Waals surface area contributed by atoms with Crippen molar-refractivity contribution in [3.05, 3.63) is 48.5 Å². The molecule has 2 aromatic carbocycles. The summed E-state index contributed by atoms with van der Waals surface area (Å²) in [6.45, 7) is 7.47. The Balaban J connectivity index is 0.00000306. The second kappa shape index (κ2) is 12.7. The first-order valence-electron chi connectivity index (χ1n) is 11.0. The highest BCUT2D eigenvalue weighted by Crippen LogP contribution is 2.29. The van der Waals surface area contributed by atoms with Crippen LogP contribution in [0, 0.1) is 0 Å². The Bertz CT molecular complexity index is 975. The molecule has 7 nitrogen and oxygen atoms in total. The van der Waals surface area contributed by atoms with E-state index in [1.165, 1.54) is 11.3 Å². The summed E-state index contributed by atoms with van der Waals surface area (Å²) in [4.78, 5) is 22.0. The van der Waals surface area contributed by atoms with Crippen LogP contribution in [0.15, 0.2) is 48.5 Å². The number of benzene rings is 2. The molecule has 0 atom stereocenters. The van der Waals surface area contributed by atoms with Gasteiger partial charge in [-0.15, -0.1) is 12.4 Å². The molecule has 178 valence electrons. The van der Waals surface area contributed by atoms with Gasteiger partial charge in [0.25, 0.3) is 5.91 Å². The lowest BCUT2D eigenvalue weighted by atomic mass is 10.3. The number of amides is 1. The maximum absolute atomic E-state index is 13.2. The lowest BCUT2D eigenvalue weighted by Crippen LogP contribution is -2.40. The summed E-state index contributed by atoms with van der Waals surface area (Å²) in [5, 5.41) is 0.716. The van der Waals surface area contributed by atoms with Crippen molar-refractivity contribution >= 4 is 45.0 Å². The molecule has 0 N–H and O–H groups in total. The summed E-state index contributed by atoms with van der Waals surface area (Å²) >= 11 is 1.54. The minimum atomic E-state index is -0.0973. The number of hydrogen-bond acceptors (Lipinski definition) is 7. The van der Waals surface area contributed by atoms with Crippen molar-refractivity contribution in [2.24, 2.45) is 0 Å². The smallest absolute Gasteiger partial charge is 0.266 e. The number of carbonyl (C=O) groups is 1. The zero-order chi connectivity index (χ0) is 22.2. The van der Waals surface area contributed by atoms with E-state index in [0.29, 0.717) is 24.0 Å². The van der Waals surface area contributed by atoms with E-state index in [4.69, 9.17) is 19.2 Å². The number of hydrogen-bond donors (Lipinski definition) is 0. The third kappa shape index (κ3) is 7.04. The molecular weight excluding hydrogens is 462 g/mol. The molecule has 1 amide bonds. The van der Waals surface area contributed by atoms with Crippen LogP contribution in [0.4, 0.5) is 5.13 Å². The summed E-state index contributed by atoms with van der Waals surface area (Å²) in [7, 11) is 0. The predicted molar refractivity (Wildman–Crippen MR) is 134 cm³/mol. The van der Waals surface area contributed by atoms with Crippen molar-refractivity contribution in [2.75, 3.05) is 57.5 Å². The molecule has 0 unspecified atom stereocenters. The van der Waals surface area contributed by atoms with Gasteiger partial charge in [0.2, 0.25) is 0 Å². The minimum Gasteiger partial charge on any atom is -0.494 e. The predicted octanol–water partition coefficient (Wildman–Crippen LogP) is 4.25. The normalized spacial score (nSPS) is 14.0. The monoisotopic (exact) mass is 491 g/mol. The van der Waals surface area contributed by atoms with E-state index in [1.54, 1.807) is 4.90 Å². The van der Waals surface area contributed by atoms with Gasteiger partial charge in [0.1, 0.15) is 11.5 Å². The lowest BCUT2D eigenvalue weighted by molar-refractivity contribution is -0.120. The fourth-order valence-electron chi connectivity index (χ4n) is 3.60. The van der Waals surface area contributed by atoms with E-state index >= 15 is 0 Å². The molecule has 33 heavy (non-hydrogen) atoms. The molecule has 1 aromatic heterocycles. The molecule has 1 aliphatic heterocycles. The summed E-state index contributed by atoms with van der Waals surface area (Å²) in [5.41, 5.74) is 0.908. The third-order valence-electron chi connectivity index (χ3n) is 5.27. The highest BCUT2D eigenvalue weighted by atomic mass is 35.5. The first kappa shape index (κ1) is 25.2. The van der Waals surface area contributed by atoms with E-state index in [1.807, 2.05) is 55.5 Å². The Morgan fingerprint density at radius 1 is 1.09 bits per heavy atom. The first-order chi connectivity index (χ1) is 15.7. The molecule has 4 rings (SSSR count). The fraction of sp³-hybridized carbons (Fsp3) is 0.417. The van der Waals surface area contributed by atoms with Crippen molar-refractivity contribution in [1.82, 2.24) is 9.88 Å². The fourth-order valence-corrected chi connectivity index (χ4v) is 4.61. The van der Waals surface area contributed by atoms with Crippen LogP contribution < -0.4 is 14.4 Å². The number of carbonyl (C=O) groups excluding carboxylic acids is 1. The summed E-state index contributed by atoms with van der Waals surface area (Å²) in [6.07, 6.45) is 0.866. The average Bonchev–Trinajstić information content (AvgIpc) is 3.26. The molecule has 2 heterocycles. The quantitative estimate of drug-likeness (QED) is 0.422. The highest BCUT2D eigenvalue weighted by Gasteiger charge is 2.21. The van der Waals surface area contributed by atoms with Gasteiger partial charge >= 0.3 is 0 Å². The molecule has 0 saturated carbocycles. The van der Waals surface area contributed by atoms with Crippen LogP contribution in [0.25, 0.3) is 10.2 Å². The lowest BCUT2D eigenvalue weighted by Gasteiger charge is -2.27. The van der Waals surface area contributed by atoms with Crippen LogP contribution in [0.1, 0.15) is 13.3 Å². The molecule has 0 spiro atoms. The molecule has 9 heteroatoms. The maximum Gasteiger partial charge on any atom is 0.266 e. The van der Waals surface area contributed by atoms with E-state index in [2.05, 4.69) is 4.90 Å². The molecule has 3 aromatic rings. The maximum atomic E-state index is 13.2. The van der Waals surface area contributed by atoms with Gasteiger partial charge < -0.3 is 14.2 Å². The van der Waals surface area contributed by atoms with Crippen molar-refractivity contribution in [2.45, 2.75) is 13.3 Å². The molecule has 1 aliphatic rings. The summed E-state index contributed by atoms with van der Waals surface area (Å²) in [6, 6.07) is 15.3. The van der Waals surface area contributed by atoms with Gasteiger partial charge in [-0.3, -0.25) is 14.6 Å². The van der Waals surface area contributed by atoms with Crippen LogP contribution in [-0.2, 0) is 9.53 Å². The van der Waals surface area contributed by atoms with Gasteiger partial charge in [0.15, 0.2) is 11.7 Å². The molecule has 1 saturated heterocycles. The van der Waals surface area contributed by atoms with Crippen molar-refractivity contribution in [3.8, 4) is 11.5 Å². The van der Waals surface area contributed by atoms with Crippen LogP contribution in [-0.4, -0.2) is 68.4 Å².